The van der Waals surface area contributed by atoms with Gasteiger partial charge in [-0.2, -0.15) is 4.98 Å². The summed E-state index contributed by atoms with van der Waals surface area (Å²) in [7, 11) is 2.02. The van der Waals surface area contributed by atoms with E-state index in [1.54, 1.807) is 0 Å². The van der Waals surface area contributed by atoms with Gasteiger partial charge in [0.05, 0.1) is 12.2 Å². The molecule has 0 amide bonds. The number of rotatable bonds is 5. The first kappa shape index (κ1) is 13.8. The second-order valence-corrected chi connectivity index (χ2v) is 5.57. The van der Waals surface area contributed by atoms with Gasteiger partial charge in [0.15, 0.2) is 5.82 Å². The van der Waals surface area contributed by atoms with E-state index in [0.29, 0.717) is 12.4 Å². The molecule has 0 fully saturated rings. The zero-order valence-corrected chi connectivity index (χ0v) is 12.5. The third-order valence-electron chi connectivity index (χ3n) is 3.25. The van der Waals surface area contributed by atoms with Crippen molar-refractivity contribution < 1.29 is 4.52 Å². The van der Waals surface area contributed by atoms with E-state index < -0.39 is 0 Å². The molecular formula is C15H19N5O. The van der Waals surface area contributed by atoms with Crippen molar-refractivity contribution >= 4 is 5.65 Å². The van der Waals surface area contributed by atoms with Gasteiger partial charge in [-0.15, -0.1) is 0 Å². The first-order chi connectivity index (χ1) is 10.1. The predicted molar refractivity (Wildman–Crippen MR) is 78.8 cm³/mol. The molecule has 3 aromatic rings. The van der Waals surface area contributed by atoms with Gasteiger partial charge in [-0.25, -0.2) is 4.98 Å². The lowest BCUT2D eigenvalue weighted by Crippen LogP contribution is -2.17. The van der Waals surface area contributed by atoms with Crippen LogP contribution in [0.3, 0.4) is 0 Å². The van der Waals surface area contributed by atoms with Gasteiger partial charge in [0, 0.05) is 24.9 Å². The number of hydrogen-bond acceptors (Lipinski definition) is 5. The number of nitrogens with zero attached hydrogens (tertiary/aromatic N) is 5. The fourth-order valence-electron chi connectivity index (χ4n) is 2.19. The Bertz CT molecular complexity index is 697. The molecule has 0 aliphatic rings. The summed E-state index contributed by atoms with van der Waals surface area (Å²) in [6, 6.07) is 5.98. The molecule has 3 heterocycles. The smallest absolute Gasteiger partial charge is 0.240 e. The van der Waals surface area contributed by atoms with E-state index in [9.17, 15) is 0 Å². The molecule has 0 aliphatic carbocycles. The standard InChI is InChI=1S/C15H19N5O/c1-11(2)15-17-14(21-18-15)10-19(3)8-12-9-20-7-5-4-6-13(20)16-12/h4-7,9,11H,8,10H2,1-3H3. The molecule has 3 rings (SSSR count). The summed E-state index contributed by atoms with van der Waals surface area (Å²) in [5, 5.41) is 3.98. The van der Waals surface area contributed by atoms with Crippen molar-refractivity contribution in [3.8, 4) is 0 Å². The highest BCUT2D eigenvalue weighted by molar-refractivity contribution is 5.39. The van der Waals surface area contributed by atoms with Crippen LogP contribution >= 0.6 is 0 Å². The summed E-state index contributed by atoms with van der Waals surface area (Å²) in [5.74, 6) is 1.68. The van der Waals surface area contributed by atoms with E-state index in [2.05, 4.69) is 33.9 Å². The SMILES string of the molecule is CC(C)c1noc(CN(C)Cc2cn3ccccc3n2)n1. The second kappa shape index (κ2) is 5.65. The predicted octanol–water partition coefficient (Wildman–Crippen LogP) is 2.47. The summed E-state index contributed by atoms with van der Waals surface area (Å²) in [4.78, 5) is 11.1. The zero-order chi connectivity index (χ0) is 14.8. The maximum atomic E-state index is 5.26. The van der Waals surface area contributed by atoms with Crippen LogP contribution in [0.4, 0.5) is 0 Å². The van der Waals surface area contributed by atoms with Crippen molar-refractivity contribution in [3.05, 3.63) is 48.0 Å². The molecule has 6 nitrogen and oxygen atoms in total. The molecule has 0 unspecified atom stereocenters. The number of fused-ring (bicyclic) bond motifs is 1. The molecule has 0 radical (unpaired) electrons. The van der Waals surface area contributed by atoms with Crippen LogP contribution in [0.5, 0.6) is 0 Å². The van der Waals surface area contributed by atoms with Crippen LogP contribution in [-0.2, 0) is 13.1 Å². The molecule has 0 aliphatic heterocycles. The monoisotopic (exact) mass is 285 g/mol. The van der Waals surface area contributed by atoms with Gasteiger partial charge >= 0.3 is 0 Å². The van der Waals surface area contributed by atoms with E-state index in [1.165, 1.54) is 0 Å². The van der Waals surface area contributed by atoms with Crippen LogP contribution in [0.25, 0.3) is 5.65 Å². The Kier molecular flexibility index (Phi) is 3.70. The number of pyridine rings is 1. The highest BCUT2D eigenvalue weighted by Gasteiger charge is 2.12. The molecule has 0 N–H and O–H groups in total. The van der Waals surface area contributed by atoms with E-state index in [4.69, 9.17) is 4.52 Å². The zero-order valence-electron chi connectivity index (χ0n) is 12.5. The maximum absolute atomic E-state index is 5.26. The van der Waals surface area contributed by atoms with Crippen molar-refractivity contribution in [3.63, 3.8) is 0 Å². The third-order valence-corrected chi connectivity index (χ3v) is 3.25. The first-order valence-electron chi connectivity index (χ1n) is 7.05. The van der Waals surface area contributed by atoms with Gasteiger partial charge in [0.25, 0.3) is 0 Å². The molecule has 6 heteroatoms. The molecule has 0 saturated carbocycles. The summed E-state index contributed by atoms with van der Waals surface area (Å²) in [6.45, 7) is 5.46. The van der Waals surface area contributed by atoms with Gasteiger partial charge in [-0.05, 0) is 19.2 Å². The minimum atomic E-state index is 0.284. The average Bonchev–Trinajstić information content (AvgIpc) is 3.04. The summed E-state index contributed by atoms with van der Waals surface area (Å²) < 4.78 is 7.29. The quantitative estimate of drug-likeness (QED) is 0.720. The van der Waals surface area contributed by atoms with Crippen molar-refractivity contribution in [1.82, 2.24) is 24.4 Å². The van der Waals surface area contributed by atoms with Gasteiger partial charge in [0.1, 0.15) is 5.65 Å². The van der Waals surface area contributed by atoms with E-state index in [-0.39, 0.29) is 5.92 Å². The van der Waals surface area contributed by atoms with Crippen LogP contribution < -0.4 is 0 Å². The largest absolute Gasteiger partial charge is 0.338 e. The summed E-state index contributed by atoms with van der Waals surface area (Å²) >= 11 is 0. The Labute approximate surface area is 123 Å². The molecule has 0 bridgehead atoms. The average molecular weight is 285 g/mol. The van der Waals surface area contributed by atoms with Gasteiger partial charge in [-0.1, -0.05) is 25.1 Å². The molecule has 0 atom stereocenters. The van der Waals surface area contributed by atoms with E-state index in [0.717, 1.165) is 23.7 Å². The van der Waals surface area contributed by atoms with Gasteiger partial charge < -0.3 is 8.92 Å². The summed E-state index contributed by atoms with van der Waals surface area (Å²) in [5.41, 5.74) is 1.98. The lowest BCUT2D eigenvalue weighted by Gasteiger charge is -2.11. The van der Waals surface area contributed by atoms with Crippen LogP contribution in [0.1, 0.15) is 37.2 Å². The Hall–Kier alpha value is -2.21. The molecular weight excluding hydrogens is 266 g/mol. The number of hydrogen-bond donors (Lipinski definition) is 0. The van der Waals surface area contributed by atoms with Crippen molar-refractivity contribution in [1.29, 1.82) is 0 Å². The fourth-order valence-corrected chi connectivity index (χ4v) is 2.19. The topological polar surface area (TPSA) is 59.5 Å². The number of imidazole rings is 1. The first-order valence-corrected chi connectivity index (χ1v) is 7.05. The number of aromatic nitrogens is 4. The van der Waals surface area contributed by atoms with Crippen molar-refractivity contribution in [2.75, 3.05) is 7.05 Å². The molecule has 110 valence electrons. The molecule has 0 spiro atoms. The minimum Gasteiger partial charge on any atom is -0.338 e. The maximum Gasteiger partial charge on any atom is 0.240 e. The van der Waals surface area contributed by atoms with Crippen LogP contribution in [0, 0.1) is 0 Å². The minimum absolute atomic E-state index is 0.284. The highest BCUT2D eigenvalue weighted by atomic mass is 16.5. The molecule has 21 heavy (non-hydrogen) atoms. The fraction of sp³-hybridized carbons (Fsp3) is 0.400. The molecule has 0 aromatic carbocycles. The Balaban J connectivity index is 1.66. The summed E-state index contributed by atoms with van der Waals surface area (Å²) in [6.07, 6.45) is 4.04. The van der Waals surface area contributed by atoms with Gasteiger partial charge in [-0.3, -0.25) is 4.90 Å². The lowest BCUT2D eigenvalue weighted by molar-refractivity contribution is 0.258. The van der Waals surface area contributed by atoms with Gasteiger partial charge in [0.2, 0.25) is 5.89 Å². The third kappa shape index (κ3) is 3.11. The van der Waals surface area contributed by atoms with Crippen LogP contribution in [0.15, 0.2) is 35.1 Å². The van der Waals surface area contributed by atoms with Crippen molar-refractivity contribution in [2.24, 2.45) is 0 Å². The van der Waals surface area contributed by atoms with E-state index >= 15 is 0 Å². The Morgan fingerprint density at radius 1 is 1.24 bits per heavy atom. The van der Waals surface area contributed by atoms with Crippen LogP contribution in [0.2, 0.25) is 0 Å². The molecule has 0 saturated heterocycles. The van der Waals surface area contributed by atoms with Crippen LogP contribution in [-0.4, -0.2) is 31.5 Å². The van der Waals surface area contributed by atoms with Crippen molar-refractivity contribution in [2.45, 2.75) is 32.9 Å². The second-order valence-electron chi connectivity index (χ2n) is 5.57. The Morgan fingerprint density at radius 3 is 2.81 bits per heavy atom. The molecule has 3 aromatic heterocycles. The normalized spacial score (nSPS) is 11.9. The van der Waals surface area contributed by atoms with E-state index in [1.807, 2.05) is 42.0 Å². The lowest BCUT2D eigenvalue weighted by atomic mass is 10.2. The highest BCUT2D eigenvalue weighted by Crippen LogP contribution is 2.12. The Morgan fingerprint density at radius 2 is 2.10 bits per heavy atom.